The van der Waals surface area contributed by atoms with Gasteiger partial charge in [0, 0.05) is 54.8 Å². The normalized spacial score (nSPS) is 29.4. The van der Waals surface area contributed by atoms with Crippen molar-refractivity contribution in [3.8, 4) is 5.75 Å². The van der Waals surface area contributed by atoms with E-state index >= 15 is 0 Å². The zero-order valence-corrected chi connectivity index (χ0v) is 29.4. The van der Waals surface area contributed by atoms with Gasteiger partial charge in [-0.1, -0.05) is 43.5 Å². The van der Waals surface area contributed by atoms with Crippen LogP contribution in [-0.4, -0.2) is 93.5 Å². The van der Waals surface area contributed by atoms with Crippen molar-refractivity contribution in [1.82, 2.24) is 20.1 Å². The molecule has 3 amide bonds. The number of para-hydroxylation sites is 1. The lowest BCUT2D eigenvalue weighted by Crippen LogP contribution is -2.56. The summed E-state index contributed by atoms with van der Waals surface area (Å²) >= 11 is 0. The first-order chi connectivity index (χ1) is 23.8. The lowest BCUT2D eigenvalue weighted by Gasteiger charge is -2.32. The van der Waals surface area contributed by atoms with Gasteiger partial charge in [0.05, 0.1) is 19.0 Å². The number of pyridine rings is 1. The third kappa shape index (κ3) is 7.20. The molecule has 0 radical (unpaired) electrons. The maximum absolute atomic E-state index is 14.4. The molecule has 268 valence electrons. The van der Waals surface area contributed by atoms with Gasteiger partial charge >= 0.3 is 11.9 Å². The number of carbonyl (C=O) groups is 5. The number of aliphatic carboxylic acids is 1. The van der Waals surface area contributed by atoms with Gasteiger partial charge < -0.3 is 29.7 Å². The van der Waals surface area contributed by atoms with E-state index in [-0.39, 0.29) is 55.3 Å². The Morgan fingerprint density at radius 2 is 1.82 bits per heavy atom. The van der Waals surface area contributed by atoms with Crippen molar-refractivity contribution < 1.29 is 38.6 Å². The highest BCUT2D eigenvalue weighted by atomic mass is 16.6. The predicted molar refractivity (Wildman–Crippen MR) is 184 cm³/mol. The number of aromatic nitrogens is 1. The van der Waals surface area contributed by atoms with E-state index in [4.69, 9.17) is 9.47 Å². The quantitative estimate of drug-likeness (QED) is 0.344. The Balaban J connectivity index is 1.30. The molecule has 1 aliphatic carbocycles. The molecule has 2 aromatic rings. The van der Waals surface area contributed by atoms with Crippen LogP contribution in [0.3, 0.4) is 0 Å². The molecule has 12 nitrogen and oxygen atoms in total. The first-order valence-electron chi connectivity index (χ1n) is 17.8. The molecule has 3 fully saturated rings. The summed E-state index contributed by atoms with van der Waals surface area (Å²) in [5.41, 5.74) is -1.34. The Morgan fingerprint density at radius 1 is 1.06 bits per heavy atom. The van der Waals surface area contributed by atoms with Gasteiger partial charge in [-0.25, -0.2) is 9.78 Å². The maximum atomic E-state index is 14.4. The smallest absolute Gasteiger partial charge is 0.330 e. The molecule has 12 heteroatoms. The average molecular weight is 689 g/mol. The Labute approximate surface area is 292 Å². The Bertz CT molecular complexity index is 1700. The van der Waals surface area contributed by atoms with Crippen LogP contribution in [0.4, 0.5) is 0 Å². The minimum atomic E-state index is -1.45. The molecule has 0 unspecified atom stereocenters. The van der Waals surface area contributed by atoms with Crippen LogP contribution in [0.1, 0.15) is 82.6 Å². The van der Waals surface area contributed by atoms with Crippen LogP contribution in [0.25, 0.3) is 10.9 Å². The summed E-state index contributed by atoms with van der Waals surface area (Å²) in [5.74, 6) is -3.96. The van der Waals surface area contributed by atoms with Crippen molar-refractivity contribution in [1.29, 1.82) is 0 Å². The summed E-state index contributed by atoms with van der Waals surface area (Å²) in [6.07, 6.45) is 8.80. The molecule has 4 heterocycles. The second-order valence-electron chi connectivity index (χ2n) is 15.3. The van der Waals surface area contributed by atoms with Crippen LogP contribution in [-0.2, 0) is 23.9 Å². The lowest BCUT2D eigenvalue weighted by atomic mass is 9.92. The van der Waals surface area contributed by atoms with E-state index in [1.165, 1.54) is 7.11 Å². The van der Waals surface area contributed by atoms with E-state index in [0.717, 1.165) is 37.5 Å². The molecule has 6 rings (SSSR count). The van der Waals surface area contributed by atoms with Crippen molar-refractivity contribution in [2.45, 2.75) is 89.3 Å². The number of ether oxygens (including phenoxy) is 2. The molecule has 4 aliphatic rings. The summed E-state index contributed by atoms with van der Waals surface area (Å²) in [7, 11) is 1.54. The number of nitrogens with one attached hydrogen (secondary N) is 1. The zero-order valence-electron chi connectivity index (χ0n) is 29.4. The monoisotopic (exact) mass is 688 g/mol. The van der Waals surface area contributed by atoms with E-state index in [9.17, 15) is 29.1 Å². The number of amides is 3. The van der Waals surface area contributed by atoms with E-state index in [2.05, 4.69) is 10.3 Å². The van der Waals surface area contributed by atoms with Gasteiger partial charge in [0.25, 0.3) is 5.91 Å². The maximum Gasteiger partial charge on any atom is 0.330 e. The number of hydrogen-bond acceptors (Lipinski definition) is 8. The number of methoxy groups -OCH3 is 1. The highest BCUT2D eigenvalue weighted by molar-refractivity contribution is 5.98. The molecule has 1 saturated carbocycles. The third-order valence-corrected chi connectivity index (χ3v) is 10.6. The molecule has 2 saturated heterocycles. The minimum absolute atomic E-state index is 0.111. The van der Waals surface area contributed by atoms with Crippen LogP contribution in [0.2, 0.25) is 0 Å². The standard InChI is InChI=1S/C38H48N4O8/c1-37(2,3)50-31(43)17-23-13-9-7-5-6-8-10-14-25-19-38(25,36(47)48)40-33(44)32-27-22-41(20-24(27)21-42(32)34(23)45)35(46)29-18-30(49-4)26-15-11-12-16-28(26)39-29/h10-12,14-16,18,23-25,27,32H,5-9,13,17,19-22H2,1-4H3,(H,40,44)(H,47,48)/b14-10-/t23-,24-,25+,27-,32-,38+/m0/s1. The van der Waals surface area contributed by atoms with Crippen molar-refractivity contribution >= 4 is 40.6 Å². The van der Waals surface area contributed by atoms with Crippen molar-refractivity contribution in [3.05, 3.63) is 48.2 Å². The van der Waals surface area contributed by atoms with Crippen LogP contribution in [0.15, 0.2) is 42.5 Å². The Hall–Kier alpha value is -4.48. The number of carboxylic acids is 1. The first kappa shape index (κ1) is 35.3. The summed E-state index contributed by atoms with van der Waals surface area (Å²) in [5, 5.41) is 13.9. The van der Waals surface area contributed by atoms with Gasteiger partial charge in [-0.05, 0) is 58.6 Å². The fraction of sp³-hybridized carbons (Fsp3) is 0.579. The molecular formula is C38H48N4O8. The van der Waals surface area contributed by atoms with Gasteiger partial charge in [-0.2, -0.15) is 0 Å². The minimum Gasteiger partial charge on any atom is -0.496 e. The molecule has 2 N–H and O–H groups in total. The highest BCUT2D eigenvalue weighted by Gasteiger charge is 2.62. The first-order valence-corrected chi connectivity index (χ1v) is 17.8. The van der Waals surface area contributed by atoms with Crippen molar-refractivity contribution in [2.75, 3.05) is 26.7 Å². The Kier molecular flexibility index (Phi) is 9.92. The van der Waals surface area contributed by atoms with E-state index in [1.54, 1.807) is 36.6 Å². The number of esters is 1. The SMILES string of the molecule is COc1cc(C(=O)N2C[C@H]3CN4C(=O)[C@H](CC(=O)OC(C)(C)C)CCCCCC/C=C\[C@@H]5C[C@@]5(C(=O)O)NC(=O)[C@@H]4[C@H]3C2)nc2ccccc12. The molecular weight excluding hydrogens is 640 g/mol. The zero-order chi connectivity index (χ0) is 35.8. The fourth-order valence-electron chi connectivity index (χ4n) is 8.01. The fourth-order valence-corrected chi connectivity index (χ4v) is 8.01. The van der Waals surface area contributed by atoms with Crippen LogP contribution >= 0.6 is 0 Å². The number of nitrogens with zero attached hydrogens (tertiary/aromatic N) is 3. The molecule has 1 aromatic carbocycles. The van der Waals surface area contributed by atoms with Gasteiger partial charge in [0.15, 0.2) is 0 Å². The third-order valence-electron chi connectivity index (χ3n) is 10.6. The largest absolute Gasteiger partial charge is 0.496 e. The number of carboxylic acid groups (broad SMARTS) is 1. The molecule has 3 aliphatic heterocycles. The second kappa shape index (κ2) is 14.0. The number of likely N-dealkylation sites (tertiary alicyclic amines) is 1. The predicted octanol–water partition coefficient (Wildman–Crippen LogP) is 4.36. The topological polar surface area (TPSA) is 155 Å². The van der Waals surface area contributed by atoms with Crippen LogP contribution in [0.5, 0.6) is 5.75 Å². The molecule has 0 bridgehead atoms. The number of fused-ring (bicyclic) bond motifs is 5. The number of rotatable bonds is 5. The summed E-state index contributed by atoms with van der Waals surface area (Å²) in [6, 6.07) is 8.00. The second-order valence-corrected chi connectivity index (χ2v) is 15.3. The molecule has 50 heavy (non-hydrogen) atoms. The van der Waals surface area contributed by atoms with E-state index in [0.29, 0.717) is 24.2 Å². The number of allylic oxidation sites excluding steroid dienone is 1. The van der Waals surface area contributed by atoms with E-state index < -0.39 is 46.9 Å². The van der Waals surface area contributed by atoms with Crippen LogP contribution in [0, 0.1) is 23.7 Å². The van der Waals surface area contributed by atoms with E-state index in [1.807, 2.05) is 36.4 Å². The summed E-state index contributed by atoms with van der Waals surface area (Å²) < 4.78 is 11.2. The van der Waals surface area contributed by atoms with Gasteiger partial charge in [0.2, 0.25) is 11.8 Å². The molecule has 6 atom stereocenters. The lowest BCUT2D eigenvalue weighted by molar-refractivity contribution is -0.159. The van der Waals surface area contributed by atoms with Crippen molar-refractivity contribution in [3.63, 3.8) is 0 Å². The molecule has 1 aromatic heterocycles. The average Bonchev–Trinajstić information content (AvgIpc) is 3.42. The number of benzene rings is 1. The summed E-state index contributed by atoms with van der Waals surface area (Å²) in [4.78, 5) is 76.1. The van der Waals surface area contributed by atoms with Crippen molar-refractivity contribution in [2.24, 2.45) is 23.7 Å². The van der Waals surface area contributed by atoms with Gasteiger partial charge in [-0.3, -0.25) is 19.2 Å². The summed E-state index contributed by atoms with van der Waals surface area (Å²) in [6.45, 7) is 6.02. The van der Waals surface area contributed by atoms with Gasteiger partial charge in [0.1, 0.15) is 28.6 Å². The van der Waals surface area contributed by atoms with Crippen LogP contribution < -0.4 is 10.1 Å². The molecule has 0 spiro atoms. The number of carbonyl (C=O) groups excluding carboxylic acids is 4. The number of hydrogen-bond donors (Lipinski definition) is 2. The Morgan fingerprint density at radius 3 is 2.56 bits per heavy atom. The highest BCUT2D eigenvalue weighted by Crippen LogP contribution is 2.46. The van der Waals surface area contributed by atoms with Gasteiger partial charge in [-0.15, -0.1) is 0 Å².